The molecule has 6 heteroatoms. The summed E-state index contributed by atoms with van der Waals surface area (Å²) in [5.74, 6) is 1.13. The van der Waals surface area contributed by atoms with Gasteiger partial charge in [0.15, 0.2) is 5.69 Å². The maximum Gasteiger partial charge on any atom is 0.245 e. The molecule has 0 N–H and O–H groups in total. The third-order valence-corrected chi connectivity index (χ3v) is 6.10. The summed E-state index contributed by atoms with van der Waals surface area (Å²) in [6.07, 6.45) is 4.24. The van der Waals surface area contributed by atoms with Crippen LogP contribution in [0.3, 0.4) is 0 Å². The summed E-state index contributed by atoms with van der Waals surface area (Å²) in [4.78, 5) is 3.88. The smallest absolute Gasteiger partial charge is 0.244 e. The minimum absolute atomic E-state index is 0.0236. The van der Waals surface area contributed by atoms with Crippen LogP contribution in [0.2, 0.25) is 0 Å². The molecule has 2 heterocycles. The van der Waals surface area contributed by atoms with E-state index in [9.17, 15) is 8.42 Å². The first kappa shape index (κ1) is 15.9. The number of nitrogens with zero attached hydrogens (tertiary/aromatic N) is 3. The normalized spacial score (nSPS) is 21.0. The van der Waals surface area contributed by atoms with Gasteiger partial charge in [-0.1, -0.05) is 13.8 Å². The van der Waals surface area contributed by atoms with Gasteiger partial charge in [0, 0.05) is 19.3 Å². The van der Waals surface area contributed by atoms with Gasteiger partial charge in [0.05, 0.1) is 0 Å². The van der Waals surface area contributed by atoms with Gasteiger partial charge < -0.3 is 0 Å². The van der Waals surface area contributed by atoms with Crippen molar-refractivity contribution in [3.05, 3.63) is 24.0 Å². The Bertz CT molecular complexity index is 635. The monoisotopic (exact) mass is 307 g/mol. The quantitative estimate of drug-likeness (QED) is 0.859. The SMILES string of the molecule is CC(C)C1CCCN(S(=O)(=O)c2cccnc2C#N)CC1. The van der Waals surface area contributed by atoms with E-state index < -0.39 is 10.0 Å². The van der Waals surface area contributed by atoms with Crippen molar-refractivity contribution in [2.45, 2.75) is 38.0 Å². The van der Waals surface area contributed by atoms with Crippen molar-refractivity contribution >= 4 is 10.0 Å². The van der Waals surface area contributed by atoms with Gasteiger partial charge in [0.2, 0.25) is 10.0 Å². The molecule has 5 nitrogen and oxygen atoms in total. The van der Waals surface area contributed by atoms with Crippen molar-refractivity contribution in [2.75, 3.05) is 13.1 Å². The van der Waals surface area contributed by atoms with Crippen LogP contribution in [0.25, 0.3) is 0 Å². The molecule has 1 unspecified atom stereocenters. The number of hydrogen-bond acceptors (Lipinski definition) is 4. The molecule has 21 heavy (non-hydrogen) atoms. The third kappa shape index (κ3) is 3.42. The predicted octanol–water partition coefficient (Wildman–Crippen LogP) is 2.40. The van der Waals surface area contributed by atoms with Crippen molar-refractivity contribution in [1.82, 2.24) is 9.29 Å². The second-order valence-corrected chi connectivity index (χ2v) is 7.71. The lowest BCUT2D eigenvalue weighted by Crippen LogP contribution is -2.32. The van der Waals surface area contributed by atoms with Crippen molar-refractivity contribution in [2.24, 2.45) is 11.8 Å². The molecule has 1 aliphatic rings. The molecule has 0 aromatic carbocycles. The molecule has 1 aliphatic heterocycles. The summed E-state index contributed by atoms with van der Waals surface area (Å²) >= 11 is 0. The molecule has 1 aromatic heterocycles. The van der Waals surface area contributed by atoms with Crippen LogP contribution in [0, 0.1) is 23.2 Å². The molecular formula is C15H21N3O2S. The molecule has 1 fully saturated rings. The average Bonchev–Trinajstić information content (AvgIpc) is 2.73. The maximum absolute atomic E-state index is 12.7. The summed E-state index contributed by atoms with van der Waals surface area (Å²) in [6, 6.07) is 4.89. The molecule has 0 amide bonds. The van der Waals surface area contributed by atoms with E-state index in [0.717, 1.165) is 19.3 Å². The largest absolute Gasteiger partial charge is 0.245 e. The Hall–Kier alpha value is -1.45. The lowest BCUT2D eigenvalue weighted by atomic mass is 9.89. The zero-order valence-corrected chi connectivity index (χ0v) is 13.3. The van der Waals surface area contributed by atoms with Crippen LogP contribution in [0.1, 0.15) is 38.8 Å². The third-order valence-electron chi connectivity index (χ3n) is 4.17. The Balaban J connectivity index is 2.26. The molecular weight excluding hydrogens is 286 g/mol. The van der Waals surface area contributed by atoms with Crippen LogP contribution >= 0.6 is 0 Å². The van der Waals surface area contributed by atoms with E-state index in [4.69, 9.17) is 5.26 Å². The van der Waals surface area contributed by atoms with E-state index in [1.807, 2.05) is 6.07 Å². The van der Waals surface area contributed by atoms with Crippen molar-refractivity contribution in [3.8, 4) is 6.07 Å². The van der Waals surface area contributed by atoms with E-state index in [-0.39, 0.29) is 10.6 Å². The summed E-state index contributed by atoms with van der Waals surface area (Å²) in [7, 11) is -3.63. The first-order valence-electron chi connectivity index (χ1n) is 7.32. The second kappa shape index (κ2) is 6.54. The van der Waals surface area contributed by atoms with Crippen LogP contribution in [-0.2, 0) is 10.0 Å². The number of rotatable bonds is 3. The predicted molar refractivity (Wildman–Crippen MR) is 79.9 cm³/mol. The highest BCUT2D eigenvalue weighted by molar-refractivity contribution is 7.89. The molecule has 114 valence electrons. The number of aromatic nitrogens is 1. The number of sulfonamides is 1. The summed E-state index contributed by atoms with van der Waals surface area (Å²) in [5, 5.41) is 9.06. The highest BCUT2D eigenvalue weighted by atomic mass is 32.2. The molecule has 2 rings (SSSR count). The van der Waals surface area contributed by atoms with Gasteiger partial charge >= 0.3 is 0 Å². The molecule has 0 saturated carbocycles. The standard InChI is InChI=1S/C15H21N3O2S/c1-12(2)13-5-4-9-18(10-7-13)21(19,20)15-6-3-8-17-14(15)11-16/h3,6,8,12-13H,4-5,7,9-10H2,1-2H3. The lowest BCUT2D eigenvalue weighted by molar-refractivity contribution is 0.340. The molecule has 1 saturated heterocycles. The zero-order chi connectivity index (χ0) is 15.5. The van der Waals surface area contributed by atoms with Crippen LogP contribution in [0.4, 0.5) is 0 Å². The van der Waals surface area contributed by atoms with Gasteiger partial charge in [-0.2, -0.15) is 9.57 Å². The summed E-state index contributed by atoms with van der Waals surface area (Å²) in [5.41, 5.74) is -0.0258. The van der Waals surface area contributed by atoms with E-state index >= 15 is 0 Å². The number of nitriles is 1. The van der Waals surface area contributed by atoms with Gasteiger partial charge in [-0.15, -0.1) is 0 Å². The fourth-order valence-corrected chi connectivity index (χ4v) is 4.41. The zero-order valence-electron chi connectivity index (χ0n) is 12.5. The van der Waals surface area contributed by atoms with Crippen molar-refractivity contribution < 1.29 is 8.42 Å². The topological polar surface area (TPSA) is 74.1 Å². The van der Waals surface area contributed by atoms with E-state index in [0.29, 0.717) is 24.9 Å². The fraction of sp³-hybridized carbons (Fsp3) is 0.600. The number of hydrogen-bond donors (Lipinski definition) is 0. The molecule has 0 bridgehead atoms. The minimum Gasteiger partial charge on any atom is -0.244 e. The maximum atomic E-state index is 12.7. The molecule has 0 radical (unpaired) electrons. The van der Waals surface area contributed by atoms with E-state index in [2.05, 4.69) is 18.8 Å². The first-order valence-corrected chi connectivity index (χ1v) is 8.76. The Morgan fingerprint density at radius 3 is 2.81 bits per heavy atom. The second-order valence-electron chi connectivity index (χ2n) is 5.80. The highest BCUT2D eigenvalue weighted by Gasteiger charge is 2.30. The van der Waals surface area contributed by atoms with Gasteiger partial charge in [-0.05, 0) is 43.2 Å². The fourth-order valence-electron chi connectivity index (χ4n) is 2.82. The van der Waals surface area contributed by atoms with Gasteiger partial charge in [-0.3, -0.25) is 0 Å². The van der Waals surface area contributed by atoms with Crippen LogP contribution in [-0.4, -0.2) is 30.8 Å². The van der Waals surface area contributed by atoms with Crippen molar-refractivity contribution in [3.63, 3.8) is 0 Å². The Morgan fingerprint density at radius 1 is 1.38 bits per heavy atom. The molecule has 1 aromatic rings. The van der Waals surface area contributed by atoms with E-state index in [1.165, 1.54) is 16.6 Å². The first-order chi connectivity index (χ1) is 9.96. The lowest BCUT2D eigenvalue weighted by Gasteiger charge is -2.21. The molecule has 0 spiro atoms. The summed E-state index contributed by atoms with van der Waals surface area (Å²) < 4.78 is 27.0. The minimum atomic E-state index is -3.63. The van der Waals surface area contributed by atoms with Gasteiger partial charge in [-0.25, -0.2) is 13.4 Å². The van der Waals surface area contributed by atoms with Crippen molar-refractivity contribution in [1.29, 1.82) is 5.26 Å². The van der Waals surface area contributed by atoms with Gasteiger partial charge in [0.25, 0.3) is 0 Å². The van der Waals surface area contributed by atoms with Gasteiger partial charge in [0.1, 0.15) is 11.0 Å². The summed E-state index contributed by atoms with van der Waals surface area (Å²) in [6.45, 7) is 5.41. The van der Waals surface area contributed by atoms with E-state index in [1.54, 1.807) is 6.07 Å². The average molecular weight is 307 g/mol. The van der Waals surface area contributed by atoms with Crippen LogP contribution in [0.5, 0.6) is 0 Å². The van der Waals surface area contributed by atoms with Crippen LogP contribution < -0.4 is 0 Å². The van der Waals surface area contributed by atoms with Crippen LogP contribution in [0.15, 0.2) is 23.2 Å². The Morgan fingerprint density at radius 2 is 2.14 bits per heavy atom. The Kier molecular flexibility index (Phi) is 4.96. The Labute approximate surface area is 126 Å². The number of pyridine rings is 1. The molecule has 0 aliphatic carbocycles. The highest BCUT2D eigenvalue weighted by Crippen LogP contribution is 2.28. The molecule has 1 atom stereocenters.